The maximum Gasteiger partial charge on any atom is 0.253 e. The van der Waals surface area contributed by atoms with Crippen LogP contribution in [0.15, 0.2) is 48.5 Å². The van der Waals surface area contributed by atoms with Gasteiger partial charge in [0.1, 0.15) is 5.75 Å². The van der Waals surface area contributed by atoms with Gasteiger partial charge >= 0.3 is 0 Å². The summed E-state index contributed by atoms with van der Waals surface area (Å²) in [6, 6.07) is 14.9. The van der Waals surface area contributed by atoms with Crippen LogP contribution in [0.5, 0.6) is 0 Å². The molecule has 0 aliphatic carbocycles. The van der Waals surface area contributed by atoms with Crippen LogP contribution in [0.3, 0.4) is 0 Å². The van der Waals surface area contributed by atoms with Gasteiger partial charge in [-0.1, -0.05) is 24.3 Å². The fourth-order valence-corrected chi connectivity index (χ4v) is 3.62. The predicted molar refractivity (Wildman–Crippen MR) is 105 cm³/mol. The van der Waals surface area contributed by atoms with E-state index in [2.05, 4.69) is 5.32 Å². The van der Waals surface area contributed by atoms with Crippen LogP contribution in [-0.2, 0) is 22.1 Å². The lowest BCUT2D eigenvalue weighted by molar-refractivity contribution is 0.0784. The molecule has 0 bridgehead atoms. The van der Waals surface area contributed by atoms with Crippen LogP contribution in [-0.4, -0.2) is 45.0 Å². The van der Waals surface area contributed by atoms with Gasteiger partial charge in [-0.25, -0.2) is 8.42 Å². The van der Waals surface area contributed by atoms with Crippen LogP contribution < -0.4 is 5.32 Å². The number of sulfone groups is 1. The van der Waals surface area contributed by atoms with Gasteiger partial charge in [0.25, 0.3) is 11.8 Å². The number of nitriles is 1. The molecule has 2 rings (SSSR count). The van der Waals surface area contributed by atoms with Crippen molar-refractivity contribution in [1.29, 1.82) is 5.26 Å². The molecule has 8 heteroatoms. The first-order valence-electron chi connectivity index (χ1n) is 8.48. The minimum Gasteiger partial charge on any atom is -0.355 e. The van der Waals surface area contributed by atoms with Gasteiger partial charge in [0.2, 0.25) is 0 Å². The predicted octanol–water partition coefficient (Wildman–Crippen LogP) is 1.76. The third kappa shape index (κ3) is 5.66. The van der Waals surface area contributed by atoms with Gasteiger partial charge in [-0.3, -0.25) is 9.59 Å². The number of nitrogens with zero attached hydrogens (tertiary/aromatic N) is 2. The Kier molecular flexibility index (Phi) is 6.90. The number of carbonyl (C=O) groups excluding carboxylic acids is 2. The first-order valence-corrected chi connectivity index (χ1v) is 10.3. The first-order chi connectivity index (χ1) is 13.3. The number of hydrogen-bond acceptors (Lipinski definition) is 5. The van der Waals surface area contributed by atoms with Gasteiger partial charge in [-0.05, 0) is 35.4 Å². The molecule has 0 unspecified atom stereocenters. The topological polar surface area (TPSA) is 107 Å². The van der Waals surface area contributed by atoms with Crippen molar-refractivity contribution in [1.82, 2.24) is 10.2 Å². The molecule has 0 aromatic heterocycles. The summed E-state index contributed by atoms with van der Waals surface area (Å²) in [7, 11) is -0.242. The standard InChI is InChI=1S/C20H21N3O4S/c1-22-19(24)17-7-3-15(4-8-17)13-23(2)20(25)18-9-5-16(6-10-18)14-28(26,27)12-11-21/h3-10H,12-14H2,1-2H3,(H,22,24). The fraction of sp³-hybridized carbons (Fsp3) is 0.250. The van der Waals surface area contributed by atoms with E-state index in [1.807, 2.05) is 0 Å². The monoisotopic (exact) mass is 399 g/mol. The summed E-state index contributed by atoms with van der Waals surface area (Å²) >= 11 is 0. The third-order valence-corrected chi connectivity index (χ3v) is 5.42. The zero-order valence-electron chi connectivity index (χ0n) is 15.7. The zero-order valence-corrected chi connectivity index (χ0v) is 16.5. The molecule has 0 heterocycles. The lowest BCUT2D eigenvalue weighted by atomic mass is 10.1. The Morgan fingerprint density at radius 1 is 1.00 bits per heavy atom. The summed E-state index contributed by atoms with van der Waals surface area (Å²) in [4.78, 5) is 25.7. The molecule has 0 aliphatic heterocycles. The van der Waals surface area contributed by atoms with Crippen LogP contribution in [0.25, 0.3) is 0 Å². The molecule has 0 spiro atoms. The maximum atomic E-state index is 12.6. The summed E-state index contributed by atoms with van der Waals surface area (Å²) in [6.45, 7) is 0.366. The van der Waals surface area contributed by atoms with Crippen molar-refractivity contribution in [3.8, 4) is 6.07 Å². The molecule has 0 fully saturated rings. The highest BCUT2D eigenvalue weighted by Crippen LogP contribution is 2.13. The molecule has 0 atom stereocenters. The van der Waals surface area contributed by atoms with Gasteiger partial charge in [0.15, 0.2) is 9.84 Å². The van der Waals surface area contributed by atoms with E-state index >= 15 is 0 Å². The molecule has 2 aromatic carbocycles. The quantitative estimate of drug-likeness (QED) is 0.763. The average molecular weight is 399 g/mol. The summed E-state index contributed by atoms with van der Waals surface area (Å²) in [6.07, 6.45) is 0. The number of benzene rings is 2. The molecular weight excluding hydrogens is 378 g/mol. The van der Waals surface area contributed by atoms with Crippen molar-refractivity contribution >= 4 is 21.7 Å². The number of carbonyl (C=O) groups is 2. The van der Waals surface area contributed by atoms with Crippen molar-refractivity contribution in [3.63, 3.8) is 0 Å². The van der Waals surface area contributed by atoms with Crippen LogP contribution in [0, 0.1) is 11.3 Å². The van der Waals surface area contributed by atoms with Crippen molar-refractivity contribution < 1.29 is 18.0 Å². The largest absolute Gasteiger partial charge is 0.355 e. The van der Waals surface area contributed by atoms with Gasteiger partial charge in [0, 0.05) is 31.8 Å². The molecule has 0 saturated heterocycles. The Labute approximate surface area is 164 Å². The van der Waals surface area contributed by atoms with Crippen LogP contribution in [0.1, 0.15) is 31.8 Å². The number of rotatable bonds is 7. The number of hydrogen-bond donors (Lipinski definition) is 1. The smallest absolute Gasteiger partial charge is 0.253 e. The van der Waals surface area contributed by atoms with E-state index < -0.39 is 15.6 Å². The first kappa shape index (κ1) is 21.1. The molecule has 2 amide bonds. The minimum atomic E-state index is -3.47. The van der Waals surface area contributed by atoms with E-state index in [4.69, 9.17) is 5.26 Å². The van der Waals surface area contributed by atoms with Crippen LogP contribution >= 0.6 is 0 Å². The lowest BCUT2D eigenvalue weighted by Gasteiger charge is -2.18. The second-order valence-electron chi connectivity index (χ2n) is 6.32. The summed E-state index contributed by atoms with van der Waals surface area (Å²) in [5, 5.41) is 11.1. The van der Waals surface area contributed by atoms with E-state index in [0.717, 1.165) is 5.56 Å². The minimum absolute atomic E-state index is 0.173. The second kappa shape index (κ2) is 9.15. The average Bonchev–Trinajstić information content (AvgIpc) is 2.67. The van der Waals surface area contributed by atoms with E-state index in [0.29, 0.717) is 23.2 Å². The Hall–Kier alpha value is -3.18. The van der Waals surface area contributed by atoms with Crippen molar-refractivity contribution in [2.75, 3.05) is 19.8 Å². The van der Waals surface area contributed by atoms with E-state index in [1.54, 1.807) is 68.7 Å². The summed E-state index contributed by atoms with van der Waals surface area (Å²) in [5.41, 5.74) is 2.38. The number of nitrogens with one attached hydrogen (secondary N) is 1. The zero-order chi connectivity index (χ0) is 20.7. The van der Waals surface area contributed by atoms with E-state index in [1.165, 1.54) is 4.90 Å². The summed E-state index contributed by atoms with van der Waals surface area (Å²) in [5.74, 6) is -1.15. The SMILES string of the molecule is CNC(=O)c1ccc(CN(C)C(=O)c2ccc(CS(=O)(=O)CC#N)cc2)cc1. The van der Waals surface area contributed by atoms with Gasteiger partial charge in [0.05, 0.1) is 11.8 Å². The molecule has 2 aromatic rings. The normalized spacial score (nSPS) is 10.8. The van der Waals surface area contributed by atoms with Crippen molar-refractivity contribution in [2.24, 2.45) is 0 Å². The van der Waals surface area contributed by atoms with Crippen LogP contribution in [0.4, 0.5) is 0 Å². The third-order valence-electron chi connectivity index (χ3n) is 4.08. The van der Waals surface area contributed by atoms with Gasteiger partial charge in [-0.15, -0.1) is 0 Å². The molecule has 146 valence electrons. The maximum absolute atomic E-state index is 12.6. The fourth-order valence-electron chi connectivity index (χ4n) is 2.62. The highest BCUT2D eigenvalue weighted by molar-refractivity contribution is 7.90. The Bertz CT molecular complexity index is 991. The van der Waals surface area contributed by atoms with Crippen molar-refractivity contribution in [3.05, 3.63) is 70.8 Å². The van der Waals surface area contributed by atoms with Crippen molar-refractivity contribution in [2.45, 2.75) is 12.3 Å². The Morgan fingerprint density at radius 2 is 1.54 bits per heavy atom. The van der Waals surface area contributed by atoms with Gasteiger partial charge in [-0.2, -0.15) is 5.26 Å². The second-order valence-corrected chi connectivity index (χ2v) is 8.39. The molecule has 0 saturated carbocycles. The lowest BCUT2D eigenvalue weighted by Crippen LogP contribution is -2.26. The summed E-state index contributed by atoms with van der Waals surface area (Å²) < 4.78 is 23.4. The molecule has 7 nitrogen and oxygen atoms in total. The number of amides is 2. The molecular formula is C20H21N3O4S. The molecule has 0 aliphatic rings. The molecule has 1 N–H and O–H groups in total. The van der Waals surface area contributed by atoms with Crippen LogP contribution in [0.2, 0.25) is 0 Å². The highest BCUT2D eigenvalue weighted by Gasteiger charge is 2.15. The Balaban J connectivity index is 2.03. The Morgan fingerprint density at radius 3 is 2.07 bits per heavy atom. The van der Waals surface area contributed by atoms with Gasteiger partial charge < -0.3 is 10.2 Å². The molecule has 28 heavy (non-hydrogen) atoms. The highest BCUT2D eigenvalue weighted by atomic mass is 32.2. The van der Waals surface area contributed by atoms with E-state index in [9.17, 15) is 18.0 Å². The molecule has 0 radical (unpaired) electrons. The van der Waals surface area contributed by atoms with E-state index in [-0.39, 0.29) is 17.6 Å².